The van der Waals surface area contributed by atoms with Crippen molar-refractivity contribution in [2.75, 3.05) is 20.3 Å². The molecule has 1 saturated heterocycles. The van der Waals surface area contributed by atoms with Crippen LogP contribution in [-0.2, 0) is 15.3 Å². The van der Waals surface area contributed by atoms with Gasteiger partial charge in [0.15, 0.2) is 5.79 Å². The second-order valence-corrected chi connectivity index (χ2v) is 4.96. The molecule has 4 heteroatoms. The molecule has 0 spiro atoms. The zero-order valence-corrected chi connectivity index (χ0v) is 11.4. The van der Waals surface area contributed by atoms with Crippen molar-refractivity contribution in [1.29, 1.82) is 0 Å². The van der Waals surface area contributed by atoms with E-state index in [1.807, 2.05) is 26.8 Å². The van der Waals surface area contributed by atoms with Crippen LogP contribution in [0, 0.1) is 13.8 Å². The molecule has 4 nitrogen and oxygen atoms in total. The topological polar surface area (TPSA) is 53.7 Å². The normalized spacial score (nSPS) is 28.2. The van der Waals surface area contributed by atoms with Crippen molar-refractivity contribution in [3.63, 3.8) is 0 Å². The molecule has 0 bridgehead atoms. The number of methoxy groups -OCH3 is 1. The highest BCUT2D eigenvalue weighted by Gasteiger charge is 2.35. The molecule has 1 aromatic rings. The Labute approximate surface area is 108 Å². The van der Waals surface area contributed by atoms with E-state index in [2.05, 4.69) is 6.07 Å². The number of hydrogen-bond donors (Lipinski definition) is 1. The third kappa shape index (κ3) is 2.36. The van der Waals surface area contributed by atoms with Crippen LogP contribution in [0.4, 0.5) is 0 Å². The van der Waals surface area contributed by atoms with Crippen molar-refractivity contribution < 1.29 is 14.2 Å². The summed E-state index contributed by atoms with van der Waals surface area (Å²) >= 11 is 0. The number of nitrogens with two attached hydrogens (primary N) is 1. The molecular formula is C14H21NO3. The molecule has 0 amide bonds. The van der Waals surface area contributed by atoms with Crippen LogP contribution in [0.1, 0.15) is 23.6 Å². The minimum atomic E-state index is -0.711. The number of hydrogen-bond acceptors (Lipinski definition) is 4. The van der Waals surface area contributed by atoms with Crippen LogP contribution < -0.4 is 10.5 Å². The van der Waals surface area contributed by atoms with Crippen molar-refractivity contribution in [2.24, 2.45) is 5.73 Å². The standard InChI is InChI=1S/C14H21NO3/c1-9-6-13(16-4)10(2)5-12(9)14(3)17-7-11(15)8-18-14/h5-6,11H,7-8,15H2,1-4H3. The van der Waals surface area contributed by atoms with Crippen LogP contribution in [0.3, 0.4) is 0 Å². The minimum Gasteiger partial charge on any atom is -0.496 e. The summed E-state index contributed by atoms with van der Waals surface area (Å²) in [5.74, 6) is 0.170. The fourth-order valence-electron chi connectivity index (χ4n) is 2.28. The lowest BCUT2D eigenvalue weighted by Gasteiger charge is -2.37. The summed E-state index contributed by atoms with van der Waals surface area (Å²) in [5.41, 5.74) is 8.98. The SMILES string of the molecule is COc1cc(C)c(C2(C)OCC(N)CO2)cc1C. The Morgan fingerprint density at radius 3 is 2.39 bits per heavy atom. The molecule has 0 saturated carbocycles. The largest absolute Gasteiger partial charge is 0.496 e. The average Bonchev–Trinajstić information content (AvgIpc) is 2.35. The van der Waals surface area contributed by atoms with Crippen LogP contribution in [-0.4, -0.2) is 26.4 Å². The second-order valence-electron chi connectivity index (χ2n) is 4.96. The second kappa shape index (κ2) is 4.88. The van der Waals surface area contributed by atoms with Crippen molar-refractivity contribution in [3.05, 3.63) is 28.8 Å². The summed E-state index contributed by atoms with van der Waals surface area (Å²) in [5, 5.41) is 0. The fourth-order valence-corrected chi connectivity index (χ4v) is 2.28. The third-order valence-corrected chi connectivity index (χ3v) is 3.38. The van der Waals surface area contributed by atoms with E-state index in [0.29, 0.717) is 13.2 Å². The van der Waals surface area contributed by atoms with E-state index in [4.69, 9.17) is 19.9 Å². The van der Waals surface area contributed by atoms with Crippen LogP contribution >= 0.6 is 0 Å². The van der Waals surface area contributed by atoms with E-state index >= 15 is 0 Å². The minimum absolute atomic E-state index is 0.0438. The summed E-state index contributed by atoms with van der Waals surface area (Å²) in [6.45, 7) is 7.01. The maximum atomic E-state index is 5.79. The molecule has 0 aliphatic carbocycles. The van der Waals surface area contributed by atoms with Gasteiger partial charge >= 0.3 is 0 Å². The predicted octanol–water partition coefficient (Wildman–Crippen LogP) is 1.86. The molecule has 2 rings (SSSR count). The molecule has 2 N–H and O–H groups in total. The van der Waals surface area contributed by atoms with Gasteiger partial charge in [0.2, 0.25) is 0 Å². The highest BCUT2D eigenvalue weighted by molar-refractivity contribution is 5.43. The highest BCUT2D eigenvalue weighted by atomic mass is 16.7. The van der Waals surface area contributed by atoms with Gasteiger partial charge in [-0.05, 0) is 44.0 Å². The summed E-state index contributed by atoms with van der Waals surface area (Å²) in [4.78, 5) is 0. The van der Waals surface area contributed by atoms with Crippen LogP contribution in [0.5, 0.6) is 5.75 Å². The summed E-state index contributed by atoms with van der Waals surface area (Å²) in [6, 6.07) is 4.03. The average molecular weight is 251 g/mol. The molecule has 0 unspecified atom stereocenters. The van der Waals surface area contributed by atoms with Crippen molar-refractivity contribution in [1.82, 2.24) is 0 Å². The number of aryl methyl sites for hydroxylation is 2. The van der Waals surface area contributed by atoms with Crippen molar-refractivity contribution >= 4 is 0 Å². The molecule has 0 radical (unpaired) electrons. The molecule has 1 aromatic carbocycles. The Bertz CT molecular complexity index is 437. The summed E-state index contributed by atoms with van der Waals surface area (Å²) in [6.07, 6.45) is 0. The Hall–Kier alpha value is -1.10. The summed E-state index contributed by atoms with van der Waals surface area (Å²) < 4.78 is 16.9. The molecule has 1 heterocycles. The third-order valence-electron chi connectivity index (χ3n) is 3.38. The number of benzene rings is 1. The van der Waals surface area contributed by atoms with E-state index in [0.717, 1.165) is 22.4 Å². The highest BCUT2D eigenvalue weighted by Crippen LogP contribution is 2.35. The molecule has 0 aromatic heterocycles. The van der Waals surface area contributed by atoms with Gasteiger partial charge in [-0.1, -0.05) is 0 Å². The quantitative estimate of drug-likeness (QED) is 0.871. The molecule has 0 atom stereocenters. The lowest BCUT2D eigenvalue weighted by molar-refractivity contribution is -0.270. The monoisotopic (exact) mass is 251 g/mol. The van der Waals surface area contributed by atoms with Gasteiger partial charge in [-0.15, -0.1) is 0 Å². The predicted molar refractivity (Wildman–Crippen MR) is 69.7 cm³/mol. The van der Waals surface area contributed by atoms with E-state index in [1.165, 1.54) is 0 Å². The maximum absolute atomic E-state index is 5.79. The molecular weight excluding hydrogens is 230 g/mol. The summed E-state index contributed by atoms with van der Waals surface area (Å²) in [7, 11) is 1.68. The van der Waals surface area contributed by atoms with Gasteiger partial charge in [-0.2, -0.15) is 0 Å². The lowest BCUT2D eigenvalue weighted by Crippen LogP contribution is -2.46. The first-order valence-corrected chi connectivity index (χ1v) is 6.15. The van der Waals surface area contributed by atoms with Crippen molar-refractivity contribution in [2.45, 2.75) is 32.6 Å². The molecule has 1 aliphatic heterocycles. The molecule has 1 fully saturated rings. The van der Waals surface area contributed by atoms with E-state index in [-0.39, 0.29) is 6.04 Å². The Morgan fingerprint density at radius 2 is 1.83 bits per heavy atom. The maximum Gasteiger partial charge on any atom is 0.192 e. The van der Waals surface area contributed by atoms with Crippen LogP contribution in [0.25, 0.3) is 0 Å². The fraction of sp³-hybridized carbons (Fsp3) is 0.571. The van der Waals surface area contributed by atoms with Gasteiger partial charge in [0.1, 0.15) is 5.75 Å². The first-order valence-electron chi connectivity index (χ1n) is 6.15. The first-order chi connectivity index (χ1) is 8.46. The van der Waals surface area contributed by atoms with E-state index in [1.54, 1.807) is 7.11 Å². The van der Waals surface area contributed by atoms with Gasteiger partial charge in [-0.25, -0.2) is 0 Å². The van der Waals surface area contributed by atoms with E-state index in [9.17, 15) is 0 Å². The lowest BCUT2D eigenvalue weighted by atomic mass is 9.97. The van der Waals surface area contributed by atoms with E-state index < -0.39 is 5.79 Å². The van der Waals surface area contributed by atoms with Gasteiger partial charge in [0, 0.05) is 5.56 Å². The van der Waals surface area contributed by atoms with Crippen LogP contribution in [0.2, 0.25) is 0 Å². The Kier molecular flexibility index (Phi) is 3.61. The van der Waals surface area contributed by atoms with Gasteiger partial charge < -0.3 is 19.9 Å². The molecule has 1 aliphatic rings. The van der Waals surface area contributed by atoms with Crippen LogP contribution in [0.15, 0.2) is 12.1 Å². The zero-order valence-electron chi connectivity index (χ0n) is 11.4. The molecule has 100 valence electrons. The first kappa shape index (κ1) is 13.3. The van der Waals surface area contributed by atoms with Gasteiger partial charge in [0.05, 0.1) is 26.4 Å². The van der Waals surface area contributed by atoms with Gasteiger partial charge in [-0.3, -0.25) is 0 Å². The smallest absolute Gasteiger partial charge is 0.192 e. The van der Waals surface area contributed by atoms with Gasteiger partial charge in [0.25, 0.3) is 0 Å². The zero-order chi connectivity index (χ0) is 13.3. The van der Waals surface area contributed by atoms with Crippen molar-refractivity contribution in [3.8, 4) is 5.75 Å². The molecule has 18 heavy (non-hydrogen) atoms. The Morgan fingerprint density at radius 1 is 1.22 bits per heavy atom. The number of ether oxygens (including phenoxy) is 3. The number of rotatable bonds is 2. The Balaban J connectivity index is 2.36.